The average Bonchev–Trinajstić information content (AvgIpc) is 2.82. The lowest BCUT2D eigenvalue weighted by atomic mass is 10.0. The monoisotopic (exact) mass is 300 g/mol. The minimum absolute atomic E-state index is 0.288. The van der Waals surface area contributed by atoms with Crippen molar-refractivity contribution in [1.82, 2.24) is 4.98 Å². The Morgan fingerprint density at radius 1 is 1.10 bits per heavy atom. The zero-order valence-electron chi connectivity index (χ0n) is 12.1. The van der Waals surface area contributed by atoms with Crippen LogP contribution >= 0.6 is 11.3 Å². The Bertz CT molecular complexity index is 625. The van der Waals surface area contributed by atoms with Crippen LogP contribution in [-0.4, -0.2) is 23.2 Å². The van der Waals surface area contributed by atoms with E-state index in [9.17, 15) is 5.11 Å². The molecule has 0 saturated heterocycles. The van der Waals surface area contributed by atoms with Crippen LogP contribution in [0.15, 0.2) is 24.3 Å². The molecule has 1 atom stereocenters. The van der Waals surface area contributed by atoms with Gasteiger partial charge in [-0.25, -0.2) is 4.98 Å². The Balaban J connectivity index is 1.58. The highest BCUT2D eigenvalue weighted by molar-refractivity contribution is 7.15. The van der Waals surface area contributed by atoms with Crippen molar-refractivity contribution in [2.45, 2.75) is 38.2 Å². The first-order chi connectivity index (χ1) is 10.3. The van der Waals surface area contributed by atoms with Gasteiger partial charge in [-0.2, -0.15) is 0 Å². The zero-order chi connectivity index (χ0) is 14.2. The molecule has 1 aromatic heterocycles. The lowest BCUT2D eigenvalue weighted by Gasteiger charge is -2.18. The minimum atomic E-state index is -0.288. The number of aliphatic hydroxyl groups is 1. The molecular formula is C17H20N2OS. The van der Waals surface area contributed by atoms with Crippen molar-refractivity contribution in [1.29, 1.82) is 0 Å². The summed E-state index contributed by atoms with van der Waals surface area (Å²) in [5.41, 5.74) is 4.08. The van der Waals surface area contributed by atoms with Gasteiger partial charge in [-0.05, 0) is 43.2 Å². The maximum atomic E-state index is 10.1. The van der Waals surface area contributed by atoms with Crippen LogP contribution in [-0.2, 0) is 19.3 Å². The maximum absolute atomic E-state index is 10.1. The van der Waals surface area contributed by atoms with Gasteiger partial charge in [0.1, 0.15) is 0 Å². The van der Waals surface area contributed by atoms with Gasteiger partial charge in [0.25, 0.3) is 0 Å². The second-order valence-electron chi connectivity index (χ2n) is 5.97. The Morgan fingerprint density at radius 2 is 1.81 bits per heavy atom. The molecule has 0 radical (unpaired) electrons. The number of hydrogen-bond acceptors (Lipinski definition) is 4. The summed E-state index contributed by atoms with van der Waals surface area (Å²) in [6, 6.07) is 8.75. The summed E-state index contributed by atoms with van der Waals surface area (Å²) < 4.78 is 0. The van der Waals surface area contributed by atoms with E-state index in [0.29, 0.717) is 0 Å². The van der Waals surface area contributed by atoms with Crippen LogP contribution in [0.4, 0.5) is 5.13 Å². The number of aromatic nitrogens is 1. The molecule has 2 aromatic rings. The molecule has 110 valence electrons. The van der Waals surface area contributed by atoms with Gasteiger partial charge in [0.15, 0.2) is 5.13 Å². The van der Waals surface area contributed by atoms with Crippen molar-refractivity contribution in [3.05, 3.63) is 46.0 Å². The number of aliphatic hydroxyl groups excluding tert-OH is 1. The normalized spacial score (nSPS) is 21.6. The summed E-state index contributed by atoms with van der Waals surface area (Å²) in [6.07, 6.45) is 4.86. The highest BCUT2D eigenvalue weighted by Gasteiger charge is 2.25. The van der Waals surface area contributed by atoms with Crippen LogP contribution in [0.2, 0.25) is 0 Å². The lowest BCUT2D eigenvalue weighted by Crippen LogP contribution is -2.25. The quantitative estimate of drug-likeness (QED) is 0.879. The molecule has 2 heterocycles. The first kappa shape index (κ1) is 13.3. The summed E-state index contributed by atoms with van der Waals surface area (Å²) in [6.45, 7) is 2.05. The number of thiazole rings is 1. The third-order valence-electron chi connectivity index (χ3n) is 4.60. The largest absolute Gasteiger partial charge is 0.388 e. The van der Waals surface area contributed by atoms with E-state index in [1.807, 2.05) is 0 Å². The van der Waals surface area contributed by atoms with Crippen LogP contribution in [0.3, 0.4) is 0 Å². The number of rotatable bonds is 1. The molecule has 2 aliphatic rings. The van der Waals surface area contributed by atoms with Crippen LogP contribution in [0.5, 0.6) is 0 Å². The Morgan fingerprint density at radius 3 is 2.48 bits per heavy atom. The van der Waals surface area contributed by atoms with Gasteiger partial charge in [-0.15, -0.1) is 0 Å². The summed E-state index contributed by atoms with van der Waals surface area (Å²) in [5, 5.41) is 11.2. The average molecular weight is 300 g/mol. The number of nitrogens with zero attached hydrogens (tertiary/aromatic N) is 2. The molecule has 0 saturated carbocycles. The van der Waals surface area contributed by atoms with Gasteiger partial charge in [0, 0.05) is 13.1 Å². The Kier molecular flexibility index (Phi) is 3.43. The standard InChI is InChI=1S/C17H20N2OS/c20-15-7-3-6-14-16(15)21-17(18-14)19-10-8-12-4-1-2-5-13(12)9-11-19/h1-2,4-5,15,20H,3,6-11H2. The van der Waals surface area contributed by atoms with E-state index in [-0.39, 0.29) is 6.10 Å². The number of benzene rings is 1. The summed E-state index contributed by atoms with van der Waals surface area (Å²) >= 11 is 1.70. The van der Waals surface area contributed by atoms with Gasteiger partial charge in [0.2, 0.25) is 0 Å². The molecule has 4 heteroatoms. The maximum Gasteiger partial charge on any atom is 0.185 e. The SMILES string of the molecule is OC1CCCc2nc(N3CCc4ccccc4CC3)sc21. The number of hydrogen-bond donors (Lipinski definition) is 1. The van der Waals surface area contributed by atoms with Crippen LogP contribution < -0.4 is 4.90 Å². The van der Waals surface area contributed by atoms with E-state index >= 15 is 0 Å². The molecule has 0 bridgehead atoms. The second-order valence-corrected chi connectivity index (χ2v) is 6.98. The highest BCUT2D eigenvalue weighted by Crippen LogP contribution is 2.37. The summed E-state index contributed by atoms with van der Waals surface area (Å²) in [4.78, 5) is 8.32. The van der Waals surface area contributed by atoms with Gasteiger partial charge in [0.05, 0.1) is 16.7 Å². The molecule has 0 fully saturated rings. The van der Waals surface area contributed by atoms with E-state index in [0.717, 1.165) is 60.9 Å². The Hall–Kier alpha value is -1.39. The van der Waals surface area contributed by atoms with Crippen LogP contribution in [0, 0.1) is 0 Å². The van der Waals surface area contributed by atoms with Crippen molar-refractivity contribution in [3.63, 3.8) is 0 Å². The molecule has 1 aliphatic heterocycles. The first-order valence-corrected chi connectivity index (χ1v) is 8.62. The predicted molar refractivity (Wildman–Crippen MR) is 86.1 cm³/mol. The second kappa shape index (κ2) is 5.43. The first-order valence-electron chi connectivity index (χ1n) is 7.80. The lowest BCUT2D eigenvalue weighted by molar-refractivity contribution is 0.160. The molecule has 3 nitrogen and oxygen atoms in total. The topological polar surface area (TPSA) is 36.4 Å². The van der Waals surface area contributed by atoms with Crippen molar-refractivity contribution >= 4 is 16.5 Å². The molecule has 1 aliphatic carbocycles. The molecule has 1 N–H and O–H groups in total. The fourth-order valence-electron chi connectivity index (χ4n) is 3.38. The molecule has 4 rings (SSSR count). The van der Waals surface area contributed by atoms with Gasteiger partial charge >= 0.3 is 0 Å². The van der Waals surface area contributed by atoms with E-state index in [1.165, 1.54) is 11.1 Å². The fraction of sp³-hybridized carbons (Fsp3) is 0.471. The van der Waals surface area contributed by atoms with E-state index in [4.69, 9.17) is 4.98 Å². The fourth-order valence-corrected chi connectivity index (χ4v) is 4.56. The summed E-state index contributed by atoms with van der Waals surface area (Å²) in [5.74, 6) is 0. The van der Waals surface area contributed by atoms with Crippen molar-refractivity contribution in [3.8, 4) is 0 Å². The molecule has 21 heavy (non-hydrogen) atoms. The Labute approximate surface area is 129 Å². The third kappa shape index (κ3) is 2.47. The van der Waals surface area contributed by atoms with Crippen LogP contribution in [0.25, 0.3) is 0 Å². The zero-order valence-corrected chi connectivity index (χ0v) is 12.9. The molecule has 1 aromatic carbocycles. The highest BCUT2D eigenvalue weighted by atomic mass is 32.1. The van der Waals surface area contributed by atoms with Gasteiger partial charge < -0.3 is 10.0 Å². The van der Waals surface area contributed by atoms with E-state index in [1.54, 1.807) is 11.3 Å². The molecule has 0 amide bonds. The van der Waals surface area contributed by atoms with Crippen molar-refractivity contribution < 1.29 is 5.11 Å². The molecule has 1 unspecified atom stereocenters. The predicted octanol–water partition coefficient (Wildman–Crippen LogP) is 3.12. The van der Waals surface area contributed by atoms with Crippen molar-refractivity contribution in [2.75, 3.05) is 18.0 Å². The molecule has 0 spiro atoms. The van der Waals surface area contributed by atoms with Crippen molar-refractivity contribution in [2.24, 2.45) is 0 Å². The van der Waals surface area contributed by atoms with E-state index < -0.39 is 0 Å². The smallest absolute Gasteiger partial charge is 0.185 e. The van der Waals surface area contributed by atoms with Crippen LogP contribution in [0.1, 0.15) is 40.6 Å². The number of fused-ring (bicyclic) bond motifs is 2. The third-order valence-corrected chi connectivity index (χ3v) is 5.86. The van der Waals surface area contributed by atoms with E-state index in [2.05, 4.69) is 29.2 Å². The summed E-state index contributed by atoms with van der Waals surface area (Å²) in [7, 11) is 0. The number of anilines is 1. The molecular weight excluding hydrogens is 280 g/mol. The number of aryl methyl sites for hydroxylation is 1. The van der Waals surface area contributed by atoms with Gasteiger partial charge in [-0.3, -0.25) is 0 Å². The van der Waals surface area contributed by atoms with Gasteiger partial charge in [-0.1, -0.05) is 35.6 Å². The minimum Gasteiger partial charge on any atom is -0.388 e.